The van der Waals surface area contributed by atoms with Gasteiger partial charge in [0, 0.05) is 23.5 Å². The van der Waals surface area contributed by atoms with Gasteiger partial charge in [0.05, 0.1) is 7.11 Å². The van der Waals surface area contributed by atoms with Crippen molar-refractivity contribution in [2.45, 2.75) is 32.6 Å². The minimum atomic E-state index is 0.525. The molecule has 0 atom stereocenters. The maximum atomic E-state index is 5.42. The zero-order chi connectivity index (χ0) is 14.0. The second-order valence-electron chi connectivity index (χ2n) is 5.82. The number of nitrogens with zero attached hydrogens (tertiary/aromatic N) is 1. The van der Waals surface area contributed by atoms with Crippen LogP contribution >= 0.6 is 0 Å². The van der Waals surface area contributed by atoms with Gasteiger partial charge >= 0.3 is 0 Å². The molecule has 3 rings (SSSR count). The largest absolute Gasteiger partial charge is 0.496 e. The molecule has 1 heterocycles. The second-order valence-corrected chi connectivity index (χ2v) is 5.82. The first-order valence-electron chi connectivity index (χ1n) is 7.44. The lowest BCUT2D eigenvalue weighted by Gasteiger charge is -2.16. The Hall–Kier alpha value is -1.77. The highest BCUT2D eigenvalue weighted by atomic mass is 16.5. The standard InChI is InChI=1S/C17H22N2O/c1-3-8-17(9-10-17)12-19-16-14-5-4-6-15(20-2)13(14)7-11-18-16/h4-7,11H,3,8-10,12H2,1-2H3,(H,18,19). The molecule has 1 fully saturated rings. The van der Waals surface area contributed by atoms with E-state index in [1.807, 2.05) is 24.4 Å². The Morgan fingerprint density at radius 2 is 2.10 bits per heavy atom. The minimum Gasteiger partial charge on any atom is -0.496 e. The quantitative estimate of drug-likeness (QED) is 0.852. The molecule has 1 aliphatic rings. The third kappa shape index (κ3) is 2.45. The normalized spacial score (nSPS) is 16.1. The van der Waals surface area contributed by atoms with Crippen LogP contribution in [0, 0.1) is 5.41 Å². The molecule has 0 aliphatic heterocycles. The highest BCUT2D eigenvalue weighted by molar-refractivity contribution is 5.95. The predicted octanol–water partition coefficient (Wildman–Crippen LogP) is 4.24. The van der Waals surface area contributed by atoms with Gasteiger partial charge in [0.1, 0.15) is 11.6 Å². The zero-order valence-corrected chi connectivity index (χ0v) is 12.3. The SMILES string of the molecule is CCCC1(CNc2nccc3c(OC)cccc23)CC1. The van der Waals surface area contributed by atoms with Crippen molar-refractivity contribution in [1.29, 1.82) is 0 Å². The number of fused-ring (bicyclic) bond motifs is 1. The molecule has 1 aromatic carbocycles. The average molecular weight is 270 g/mol. The fourth-order valence-corrected chi connectivity index (χ4v) is 2.99. The van der Waals surface area contributed by atoms with E-state index in [1.54, 1.807) is 7.11 Å². The van der Waals surface area contributed by atoms with E-state index in [0.717, 1.165) is 28.9 Å². The lowest BCUT2D eigenvalue weighted by Crippen LogP contribution is -2.16. The molecule has 0 amide bonds. The summed E-state index contributed by atoms with van der Waals surface area (Å²) >= 11 is 0. The molecule has 1 aliphatic carbocycles. The van der Waals surface area contributed by atoms with Crippen LogP contribution in [0.4, 0.5) is 5.82 Å². The van der Waals surface area contributed by atoms with Gasteiger partial charge in [-0.15, -0.1) is 0 Å². The number of benzene rings is 1. The minimum absolute atomic E-state index is 0.525. The number of nitrogens with one attached hydrogen (secondary N) is 1. The molecular weight excluding hydrogens is 248 g/mol. The van der Waals surface area contributed by atoms with Crippen LogP contribution in [-0.4, -0.2) is 18.6 Å². The van der Waals surface area contributed by atoms with Gasteiger partial charge in [-0.2, -0.15) is 0 Å². The first-order valence-corrected chi connectivity index (χ1v) is 7.44. The van der Waals surface area contributed by atoms with Crippen molar-refractivity contribution in [2.75, 3.05) is 19.0 Å². The topological polar surface area (TPSA) is 34.2 Å². The van der Waals surface area contributed by atoms with Crippen molar-refractivity contribution in [2.24, 2.45) is 5.41 Å². The Bertz CT molecular complexity index is 605. The van der Waals surface area contributed by atoms with Gasteiger partial charge in [-0.25, -0.2) is 4.98 Å². The van der Waals surface area contributed by atoms with E-state index < -0.39 is 0 Å². The van der Waals surface area contributed by atoms with Crippen molar-refractivity contribution >= 4 is 16.6 Å². The van der Waals surface area contributed by atoms with Crippen molar-refractivity contribution < 1.29 is 4.74 Å². The van der Waals surface area contributed by atoms with Gasteiger partial charge in [0.2, 0.25) is 0 Å². The number of hydrogen-bond acceptors (Lipinski definition) is 3. The van der Waals surface area contributed by atoms with Crippen LogP contribution in [0.1, 0.15) is 32.6 Å². The van der Waals surface area contributed by atoms with Gasteiger partial charge < -0.3 is 10.1 Å². The number of aromatic nitrogens is 1. The molecule has 3 nitrogen and oxygen atoms in total. The van der Waals surface area contributed by atoms with Crippen LogP contribution in [0.25, 0.3) is 10.8 Å². The van der Waals surface area contributed by atoms with E-state index in [0.29, 0.717) is 5.41 Å². The number of hydrogen-bond donors (Lipinski definition) is 1. The van der Waals surface area contributed by atoms with Crippen LogP contribution in [0.15, 0.2) is 30.5 Å². The molecule has 1 saturated carbocycles. The molecule has 3 heteroatoms. The van der Waals surface area contributed by atoms with Crippen molar-refractivity contribution in [1.82, 2.24) is 4.98 Å². The molecule has 20 heavy (non-hydrogen) atoms. The monoisotopic (exact) mass is 270 g/mol. The fraction of sp³-hybridized carbons (Fsp3) is 0.471. The predicted molar refractivity (Wildman–Crippen MR) is 83.4 cm³/mol. The van der Waals surface area contributed by atoms with Crippen LogP contribution in [0.5, 0.6) is 5.75 Å². The Morgan fingerprint density at radius 1 is 1.25 bits per heavy atom. The van der Waals surface area contributed by atoms with Crippen molar-refractivity contribution in [3.05, 3.63) is 30.5 Å². The second kappa shape index (κ2) is 5.31. The van der Waals surface area contributed by atoms with Crippen molar-refractivity contribution in [3.8, 4) is 5.75 Å². The number of rotatable bonds is 6. The average Bonchev–Trinajstić information content (AvgIpc) is 3.25. The van der Waals surface area contributed by atoms with E-state index in [9.17, 15) is 0 Å². The van der Waals surface area contributed by atoms with E-state index in [2.05, 4.69) is 23.3 Å². The summed E-state index contributed by atoms with van der Waals surface area (Å²) < 4.78 is 5.42. The number of ether oxygens (including phenoxy) is 1. The summed E-state index contributed by atoms with van der Waals surface area (Å²) in [5, 5.41) is 5.82. The summed E-state index contributed by atoms with van der Waals surface area (Å²) in [6.07, 6.45) is 7.13. The molecule has 2 aromatic rings. The van der Waals surface area contributed by atoms with E-state index >= 15 is 0 Å². The van der Waals surface area contributed by atoms with Gasteiger partial charge in [-0.3, -0.25) is 0 Å². The zero-order valence-electron chi connectivity index (χ0n) is 12.3. The van der Waals surface area contributed by atoms with Crippen LogP contribution in [0.3, 0.4) is 0 Å². The van der Waals surface area contributed by atoms with Gasteiger partial charge in [0.15, 0.2) is 0 Å². The Kier molecular flexibility index (Phi) is 3.51. The van der Waals surface area contributed by atoms with Gasteiger partial charge in [-0.05, 0) is 36.8 Å². The third-order valence-corrected chi connectivity index (χ3v) is 4.35. The number of methoxy groups -OCH3 is 1. The molecule has 0 spiro atoms. The molecule has 1 N–H and O–H groups in total. The Morgan fingerprint density at radius 3 is 2.80 bits per heavy atom. The molecule has 106 valence electrons. The molecule has 0 radical (unpaired) electrons. The van der Waals surface area contributed by atoms with E-state index in [-0.39, 0.29) is 0 Å². The first-order chi connectivity index (χ1) is 9.78. The number of anilines is 1. The smallest absolute Gasteiger partial charge is 0.133 e. The van der Waals surface area contributed by atoms with Crippen LogP contribution < -0.4 is 10.1 Å². The van der Waals surface area contributed by atoms with Crippen molar-refractivity contribution in [3.63, 3.8) is 0 Å². The molecule has 1 aromatic heterocycles. The first kappa shape index (κ1) is 13.2. The summed E-state index contributed by atoms with van der Waals surface area (Å²) in [6, 6.07) is 8.13. The Labute approximate surface area is 120 Å². The highest BCUT2D eigenvalue weighted by Crippen LogP contribution is 2.49. The third-order valence-electron chi connectivity index (χ3n) is 4.35. The van der Waals surface area contributed by atoms with Gasteiger partial charge in [-0.1, -0.05) is 25.5 Å². The summed E-state index contributed by atoms with van der Waals surface area (Å²) in [4.78, 5) is 4.51. The molecule has 0 unspecified atom stereocenters. The summed E-state index contributed by atoms with van der Waals surface area (Å²) in [5.74, 6) is 1.88. The lowest BCUT2D eigenvalue weighted by atomic mass is 10.0. The molecule has 0 bridgehead atoms. The number of pyridine rings is 1. The van der Waals surface area contributed by atoms with Crippen LogP contribution in [0.2, 0.25) is 0 Å². The van der Waals surface area contributed by atoms with Gasteiger partial charge in [0.25, 0.3) is 0 Å². The summed E-state index contributed by atoms with van der Waals surface area (Å²) in [6.45, 7) is 3.30. The highest BCUT2D eigenvalue weighted by Gasteiger charge is 2.41. The lowest BCUT2D eigenvalue weighted by molar-refractivity contribution is 0.420. The van der Waals surface area contributed by atoms with E-state index in [4.69, 9.17) is 4.74 Å². The maximum Gasteiger partial charge on any atom is 0.133 e. The van der Waals surface area contributed by atoms with Crippen LogP contribution in [-0.2, 0) is 0 Å². The molecule has 0 saturated heterocycles. The Balaban J connectivity index is 1.85. The summed E-state index contributed by atoms with van der Waals surface area (Å²) in [5.41, 5.74) is 0.525. The van der Waals surface area contributed by atoms with E-state index in [1.165, 1.54) is 25.7 Å². The fourth-order valence-electron chi connectivity index (χ4n) is 2.99. The molecular formula is C17H22N2O. The maximum absolute atomic E-state index is 5.42. The summed E-state index contributed by atoms with van der Waals surface area (Å²) in [7, 11) is 1.71.